The van der Waals surface area contributed by atoms with Gasteiger partial charge < -0.3 is 5.32 Å². The third kappa shape index (κ3) is 5.33. The minimum absolute atomic E-state index is 0.281. The van der Waals surface area contributed by atoms with E-state index in [0.29, 0.717) is 28.5 Å². The number of carbonyl (C=O) groups excluding carboxylic acids is 1. The van der Waals surface area contributed by atoms with E-state index < -0.39 is 0 Å². The largest absolute Gasteiger partial charge is 0.322 e. The number of nitrogens with one attached hydrogen (secondary N) is 1. The molecule has 0 aliphatic rings. The maximum Gasteiger partial charge on any atom is 0.260 e. The Labute approximate surface area is 200 Å². The van der Waals surface area contributed by atoms with Gasteiger partial charge in [0, 0.05) is 33.8 Å². The summed E-state index contributed by atoms with van der Waals surface area (Å²) in [5, 5.41) is 8.25. The van der Waals surface area contributed by atoms with Crippen LogP contribution >= 0.6 is 35.0 Å². The average Bonchev–Trinajstić information content (AvgIpc) is 3.08. The van der Waals surface area contributed by atoms with Crippen LogP contribution in [0, 0.1) is 6.92 Å². The molecule has 0 radical (unpaired) electrons. The molecule has 0 unspecified atom stereocenters. The fourth-order valence-electron chi connectivity index (χ4n) is 3.18. The number of hydrogen-bond acceptors (Lipinski definition) is 4. The van der Waals surface area contributed by atoms with E-state index in [-0.39, 0.29) is 11.1 Å². The van der Waals surface area contributed by atoms with Crippen LogP contribution in [0.3, 0.4) is 0 Å². The first-order chi connectivity index (χ1) is 15.5. The van der Waals surface area contributed by atoms with Crippen molar-refractivity contribution in [1.82, 2.24) is 14.8 Å². The lowest BCUT2D eigenvalue weighted by Crippen LogP contribution is -2.13. The van der Waals surface area contributed by atoms with Gasteiger partial charge in [0.1, 0.15) is 5.15 Å². The van der Waals surface area contributed by atoms with Crippen molar-refractivity contribution in [3.05, 3.63) is 106 Å². The Kier molecular flexibility index (Phi) is 7.15. The van der Waals surface area contributed by atoms with E-state index in [0.717, 1.165) is 21.8 Å². The van der Waals surface area contributed by atoms with E-state index in [1.165, 1.54) is 0 Å². The summed E-state index contributed by atoms with van der Waals surface area (Å²) in [6.07, 6.45) is 3.62. The standard InChI is InChI=1S/C24H20Cl2N4OS/c1-16-22(23(26)30(29-16)14-18-6-2-3-7-21(18)25)24(31)28-19-8-10-20(11-9-19)32-15-17-5-4-12-27-13-17/h2-13H,14-15H2,1H3,(H,28,31). The van der Waals surface area contributed by atoms with Gasteiger partial charge in [0.05, 0.1) is 17.8 Å². The first kappa shape index (κ1) is 22.4. The number of aromatic nitrogens is 3. The fraction of sp³-hybridized carbons (Fsp3) is 0.125. The number of anilines is 1. The highest BCUT2D eigenvalue weighted by molar-refractivity contribution is 7.98. The van der Waals surface area contributed by atoms with Crippen LogP contribution in [0.2, 0.25) is 10.2 Å². The predicted octanol–water partition coefficient (Wildman–Crippen LogP) is 6.49. The molecule has 0 saturated heterocycles. The van der Waals surface area contributed by atoms with Gasteiger partial charge in [0.15, 0.2) is 0 Å². The van der Waals surface area contributed by atoms with E-state index >= 15 is 0 Å². The van der Waals surface area contributed by atoms with Crippen LogP contribution < -0.4 is 5.32 Å². The Hall–Kier alpha value is -2.80. The SMILES string of the molecule is Cc1nn(Cc2ccccc2Cl)c(Cl)c1C(=O)Nc1ccc(SCc2cccnc2)cc1. The summed E-state index contributed by atoms with van der Waals surface area (Å²) in [5.74, 6) is 0.535. The number of nitrogens with zero attached hydrogens (tertiary/aromatic N) is 3. The number of benzene rings is 2. The van der Waals surface area contributed by atoms with Crippen LogP contribution in [0.1, 0.15) is 27.2 Å². The second-order valence-electron chi connectivity index (χ2n) is 7.13. The van der Waals surface area contributed by atoms with Crippen LogP contribution in [-0.4, -0.2) is 20.7 Å². The molecular formula is C24H20Cl2N4OS. The van der Waals surface area contributed by atoms with Gasteiger partial charge in [0.2, 0.25) is 0 Å². The molecule has 2 aromatic heterocycles. The predicted molar refractivity (Wildman–Crippen MR) is 131 cm³/mol. The number of hydrogen-bond donors (Lipinski definition) is 1. The monoisotopic (exact) mass is 482 g/mol. The number of pyridine rings is 1. The van der Waals surface area contributed by atoms with Gasteiger partial charge in [-0.3, -0.25) is 9.78 Å². The maximum atomic E-state index is 12.9. The third-order valence-corrected chi connectivity index (χ3v) is 6.65. The molecule has 0 aliphatic carbocycles. The van der Waals surface area contributed by atoms with Gasteiger partial charge in [-0.2, -0.15) is 5.10 Å². The molecule has 2 aromatic carbocycles. The average molecular weight is 483 g/mol. The Morgan fingerprint density at radius 3 is 2.56 bits per heavy atom. The molecule has 2 heterocycles. The molecular weight excluding hydrogens is 463 g/mol. The molecule has 0 aliphatic heterocycles. The molecule has 0 saturated carbocycles. The van der Waals surface area contributed by atoms with Crippen molar-refractivity contribution in [1.29, 1.82) is 0 Å². The summed E-state index contributed by atoms with van der Waals surface area (Å²) in [6.45, 7) is 2.15. The number of rotatable bonds is 7. The second-order valence-corrected chi connectivity index (χ2v) is 8.94. The first-order valence-electron chi connectivity index (χ1n) is 9.90. The summed E-state index contributed by atoms with van der Waals surface area (Å²) >= 11 is 14.5. The van der Waals surface area contributed by atoms with Crippen molar-refractivity contribution < 1.29 is 4.79 Å². The van der Waals surface area contributed by atoms with E-state index in [9.17, 15) is 4.79 Å². The lowest BCUT2D eigenvalue weighted by molar-refractivity contribution is 0.102. The second kappa shape index (κ2) is 10.2. The third-order valence-electron chi connectivity index (χ3n) is 4.81. The molecule has 0 fully saturated rings. The zero-order valence-corrected chi connectivity index (χ0v) is 19.6. The van der Waals surface area contributed by atoms with E-state index in [2.05, 4.69) is 15.4 Å². The molecule has 4 aromatic rings. The molecule has 0 spiro atoms. The van der Waals surface area contributed by atoms with Crippen LogP contribution in [-0.2, 0) is 12.3 Å². The van der Waals surface area contributed by atoms with Gasteiger partial charge in [-0.25, -0.2) is 4.68 Å². The smallest absolute Gasteiger partial charge is 0.260 e. The van der Waals surface area contributed by atoms with Crippen molar-refractivity contribution >= 4 is 46.6 Å². The van der Waals surface area contributed by atoms with Crippen molar-refractivity contribution in [3.8, 4) is 0 Å². The molecule has 0 bridgehead atoms. The summed E-state index contributed by atoms with van der Waals surface area (Å²) in [5.41, 5.74) is 3.64. The fourth-order valence-corrected chi connectivity index (χ4v) is 4.53. The molecule has 1 amide bonds. The maximum absolute atomic E-state index is 12.9. The van der Waals surface area contributed by atoms with Gasteiger partial charge in [-0.05, 0) is 54.4 Å². The van der Waals surface area contributed by atoms with Crippen LogP contribution in [0.5, 0.6) is 0 Å². The molecule has 8 heteroatoms. The van der Waals surface area contributed by atoms with E-state index in [1.54, 1.807) is 29.6 Å². The van der Waals surface area contributed by atoms with Crippen molar-refractivity contribution in [3.63, 3.8) is 0 Å². The highest BCUT2D eigenvalue weighted by Gasteiger charge is 2.21. The minimum Gasteiger partial charge on any atom is -0.322 e. The molecule has 32 heavy (non-hydrogen) atoms. The number of halogens is 2. The lowest BCUT2D eigenvalue weighted by Gasteiger charge is -2.08. The number of carbonyl (C=O) groups is 1. The van der Waals surface area contributed by atoms with Crippen molar-refractivity contribution in [2.24, 2.45) is 0 Å². The van der Waals surface area contributed by atoms with Crippen LogP contribution in [0.15, 0.2) is 78.0 Å². The number of thioether (sulfide) groups is 1. The number of aryl methyl sites for hydroxylation is 1. The minimum atomic E-state index is -0.298. The summed E-state index contributed by atoms with van der Waals surface area (Å²) in [7, 11) is 0. The van der Waals surface area contributed by atoms with Gasteiger partial charge >= 0.3 is 0 Å². The van der Waals surface area contributed by atoms with E-state index in [1.807, 2.05) is 66.9 Å². The summed E-state index contributed by atoms with van der Waals surface area (Å²) in [4.78, 5) is 18.1. The number of amides is 1. The van der Waals surface area contributed by atoms with Crippen molar-refractivity contribution in [2.75, 3.05) is 5.32 Å². The summed E-state index contributed by atoms with van der Waals surface area (Å²) < 4.78 is 1.59. The Morgan fingerprint density at radius 2 is 1.84 bits per heavy atom. The topological polar surface area (TPSA) is 59.8 Å². The Bertz CT molecular complexity index is 1230. The Balaban J connectivity index is 1.42. The van der Waals surface area contributed by atoms with Crippen LogP contribution in [0.25, 0.3) is 0 Å². The molecule has 162 valence electrons. The molecule has 4 rings (SSSR count). The summed E-state index contributed by atoms with van der Waals surface area (Å²) in [6, 6.07) is 19.2. The first-order valence-corrected chi connectivity index (χ1v) is 11.6. The molecule has 0 atom stereocenters. The zero-order valence-electron chi connectivity index (χ0n) is 17.3. The highest BCUT2D eigenvalue weighted by Crippen LogP contribution is 2.26. The van der Waals surface area contributed by atoms with Crippen molar-refractivity contribution in [2.45, 2.75) is 24.1 Å². The van der Waals surface area contributed by atoms with Crippen LogP contribution in [0.4, 0.5) is 5.69 Å². The van der Waals surface area contributed by atoms with Gasteiger partial charge in [-0.1, -0.05) is 47.5 Å². The van der Waals surface area contributed by atoms with Gasteiger partial charge in [-0.15, -0.1) is 11.8 Å². The zero-order chi connectivity index (χ0) is 22.5. The molecule has 5 nitrogen and oxygen atoms in total. The van der Waals surface area contributed by atoms with Gasteiger partial charge in [0.25, 0.3) is 5.91 Å². The molecule has 1 N–H and O–H groups in total. The van der Waals surface area contributed by atoms with E-state index in [4.69, 9.17) is 23.2 Å². The Morgan fingerprint density at radius 1 is 1.06 bits per heavy atom. The highest BCUT2D eigenvalue weighted by atomic mass is 35.5. The normalized spacial score (nSPS) is 10.8. The quantitative estimate of drug-likeness (QED) is 0.306. The lowest BCUT2D eigenvalue weighted by atomic mass is 10.2.